The van der Waals surface area contributed by atoms with E-state index < -0.39 is 0 Å². The van der Waals surface area contributed by atoms with Crippen molar-refractivity contribution in [3.8, 4) is 11.5 Å². The lowest BCUT2D eigenvalue weighted by atomic mass is 10.1. The molecule has 3 heteroatoms. The molecule has 1 atom stereocenters. The molecular weight excluding hydrogens is 226 g/mol. The minimum absolute atomic E-state index is 0.455. The van der Waals surface area contributed by atoms with Crippen LogP contribution >= 0.6 is 0 Å². The van der Waals surface area contributed by atoms with E-state index in [2.05, 4.69) is 24.4 Å². The molecule has 100 valence electrons. The summed E-state index contributed by atoms with van der Waals surface area (Å²) < 4.78 is 11.5. The van der Waals surface area contributed by atoms with Gasteiger partial charge in [0.1, 0.15) is 0 Å². The maximum atomic E-state index is 5.79. The Kier molecular flexibility index (Phi) is 4.88. The average molecular weight is 249 g/mol. The first-order valence-corrected chi connectivity index (χ1v) is 6.82. The smallest absolute Gasteiger partial charge is 0.161 e. The van der Waals surface area contributed by atoms with Crippen LogP contribution in [0.3, 0.4) is 0 Å². The van der Waals surface area contributed by atoms with Crippen molar-refractivity contribution in [2.45, 2.75) is 26.2 Å². The Morgan fingerprint density at radius 1 is 1.17 bits per heavy atom. The van der Waals surface area contributed by atoms with Crippen LogP contribution in [0.25, 0.3) is 0 Å². The molecule has 1 aromatic rings. The van der Waals surface area contributed by atoms with Crippen LogP contribution in [0.15, 0.2) is 18.2 Å². The summed E-state index contributed by atoms with van der Waals surface area (Å²) in [5.74, 6) is 2.25. The number of aryl methyl sites for hydroxylation is 1. The quantitative estimate of drug-likeness (QED) is 0.814. The van der Waals surface area contributed by atoms with Crippen LogP contribution in [0.1, 0.15) is 25.3 Å². The fourth-order valence-corrected chi connectivity index (χ4v) is 2.08. The lowest BCUT2D eigenvalue weighted by Gasteiger charge is -2.09. The van der Waals surface area contributed by atoms with Gasteiger partial charge in [0.2, 0.25) is 0 Å². The van der Waals surface area contributed by atoms with Gasteiger partial charge in [-0.25, -0.2) is 0 Å². The van der Waals surface area contributed by atoms with Gasteiger partial charge in [0.25, 0.3) is 0 Å². The Morgan fingerprint density at radius 3 is 2.72 bits per heavy atom. The molecule has 0 saturated heterocycles. The van der Waals surface area contributed by atoms with Crippen LogP contribution < -0.4 is 14.8 Å². The molecule has 1 aliphatic rings. The number of nitrogens with one attached hydrogen (secondary N) is 1. The van der Waals surface area contributed by atoms with Gasteiger partial charge in [0.05, 0.1) is 13.2 Å². The van der Waals surface area contributed by atoms with Crippen molar-refractivity contribution in [1.29, 1.82) is 0 Å². The van der Waals surface area contributed by atoms with Gasteiger partial charge in [-0.3, -0.25) is 0 Å². The third-order valence-corrected chi connectivity index (χ3v) is 3.20. The number of rotatable bonds is 5. The molecule has 1 aromatic carbocycles. The fraction of sp³-hybridized carbons (Fsp3) is 0.600. The van der Waals surface area contributed by atoms with Crippen LogP contribution in [-0.4, -0.2) is 26.8 Å². The largest absolute Gasteiger partial charge is 0.489 e. The fourth-order valence-electron chi connectivity index (χ4n) is 2.08. The van der Waals surface area contributed by atoms with Crippen molar-refractivity contribution in [2.75, 3.05) is 26.8 Å². The Balaban J connectivity index is 1.94. The Hall–Kier alpha value is -1.22. The maximum absolute atomic E-state index is 5.79. The summed E-state index contributed by atoms with van der Waals surface area (Å²) in [4.78, 5) is 0. The minimum Gasteiger partial charge on any atom is -0.489 e. The lowest BCUT2D eigenvalue weighted by Crippen LogP contribution is -2.12. The molecule has 0 saturated carbocycles. The van der Waals surface area contributed by atoms with Crippen LogP contribution in [0.2, 0.25) is 0 Å². The van der Waals surface area contributed by atoms with Crippen molar-refractivity contribution in [3.63, 3.8) is 0 Å². The Labute approximate surface area is 109 Å². The summed E-state index contributed by atoms with van der Waals surface area (Å²) in [6.07, 6.45) is 3.52. The zero-order valence-electron chi connectivity index (χ0n) is 11.4. The highest BCUT2D eigenvalue weighted by atomic mass is 16.5. The standard InChI is InChI=1S/C15H23NO2/c1-12-10-17-14-7-6-13(5-3-4-8-16-2)9-15(14)18-11-12/h6-7,9,12,16H,3-5,8,10-11H2,1-2H3. The molecule has 0 bridgehead atoms. The molecule has 1 N–H and O–H groups in total. The van der Waals surface area contributed by atoms with Crippen molar-refractivity contribution in [1.82, 2.24) is 5.32 Å². The zero-order valence-corrected chi connectivity index (χ0v) is 11.4. The summed E-state index contributed by atoms with van der Waals surface area (Å²) in [6, 6.07) is 6.32. The molecule has 3 nitrogen and oxygen atoms in total. The zero-order chi connectivity index (χ0) is 12.8. The summed E-state index contributed by atoms with van der Waals surface area (Å²) in [5, 5.41) is 3.17. The van der Waals surface area contributed by atoms with E-state index in [9.17, 15) is 0 Å². The Bertz CT molecular complexity index is 379. The third kappa shape index (κ3) is 3.64. The molecule has 0 aliphatic carbocycles. The van der Waals surface area contributed by atoms with E-state index in [1.54, 1.807) is 0 Å². The first kappa shape index (κ1) is 13.2. The second-order valence-electron chi connectivity index (χ2n) is 5.07. The van der Waals surface area contributed by atoms with Crippen molar-refractivity contribution >= 4 is 0 Å². The van der Waals surface area contributed by atoms with Gasteiger partial charge in [0, 0.05) is 5.92 Å². The first-order chi connectivity index (χ1) is 8.79. The number of hydrogen-bond donors (Lipinski definition) is 1. The van der Waals surface area contributed by atoms with E-state index >= 15 is 0 Å². The highest BCUT2D eigenvalue weighted by Gasteiger charge is 2.14. The van der Waals surface area contributed by atoms with Gasteiger partial charge >= 0.3 is 0 Å². The van der Waals surface area contributed by atoms with Crippen molar-refractivity contribution in [2.24, 2.45) is 5.92 Å². The summed E-state index contributed by atoms with van der Waals surface area (Å²) in [5.41, 5.74) is 1.34. The van der Waals surface area contributed by atoms with E-state index in [4.69, 9.17) is 9.47 Å². The van der Waals surface area contributed by atoms with E-state index in [1.165, 1.54) is 18.4 Å². The van der Waals surface area contributed by atoms with Gasteiger partial charge in [-0.1, -0.05) is 13.0 Å². The molecule has 2 rings (SSSR count). The Morgan fingerprint density at radius 2 is 1.94 bits per heavy atom. The number of hydrogen-bond acceptors (Lipinski definition) is 3. The molecule has 1 heterocycles. The van der Waals surface area contributed by atoms with Gasteiger partial charge in [-0.2, -0.15) is 0 Å². The summed E-state index contributed by atoms with van der Waals surface area (Å²) in [7, 11) is 1.99. The normalized spacial score (nSPS) is 18.4. The second-order valence-corrected chi connectivity index (χ2v) is 5.07. The second kappa shape index (κ2) is 6.64. The SMILES string of the molecule is CNCCCCc1ccc2c(c1)OCC(C)CO2. The molecular formula is C15H23NO2. The van der Waals surface area contributed by atoms with Crippen LogP contribution in [-0.2, 0) is 6.42 Å². The molecule has 0 aromatic heterocycles. The molecule has 0 spiro atoms. The van der Waals surface area contributed by atoms with Gasteiger partial charge in [-0.05, 0) is 50.6 Å². The highest BCUT2D eigenvalue weighted by molar-refractivity contribution is 5.43. The maximum Gasteiger partial charge on any atom is 0.161 e. The molecule has 0 radical (unpaired) electrons. The molecule has 18 heavy (non-hydrogen) atoms. The molecule has 1 aliphatic heterocycles. The number of ether oxygens (including phenoxy) is 2. The van der Waals surface area contributed by atoms with Crippen LogP contribution in [0.5, 0.6) is 11.5 Å². The van der Waals surface area contributed by atoms with Gasteiger partial charge < -0.3 is 14.8 Å². The highest BCUT2D eigenvalue weighted by Crippen LogP contribution is 2.31. The first-order valence-electron chi connectivity index (χ1n) is 6.82. The van der Waals surface area contributed by atoms with Crippen LogP contribution in [0.4, 0.5) is 0 Å². The van der Waals surface area contributed by atoms with Crippen molar-refractivity contribution < 1.29 is 9.47 Å². The molecule has 0 amide bonds. The van der Waals surface area contributed by atoms with Crippen LogP contribution in [0, 0.1) is 5.92 Å². The monoisotopic (exact) mass is 249 g/mol. The predicted molar refractivity (Wildman–Crippen MR) is 73.5 cm³/mol. The number of unbranched alkanes of at least 4 members (excludes halogenated alkanes) is 1. The van der Waals surface area contributed by atoms with E-state index in [1.807, 2.05) is 13.1 Å². The van der Waals surface area contributed by atoms with Crippen molar-refractivity contribution in [3.05, 3.63) is 23.8 Å². The predicted octanol–water partition coefficient (Wildman–Crippen LogP) is 2.64. The average Bonchev–Trinajstić information content (AvgIpc) is 2.57. The molecule has 1 unspecified atom stereocenters. The number of benzene rings is 1. The lowest BCUT2D eigenvalue weighted by molar-refractivity contribution is 0.228. The number of fused-ring (bicyclic) bond motifs is 1. The topological polar surface area (TPSA) is 30.5 Å². The van der Waals surface area contributed by atoms with E-state index in [0.29, 0.717) is 5.92 Å². The van der Waals surface area contributed by atoms with E-state index in [-0.39, 0.29) is 0 Å². The third-order valence-electron chi connectivity index (χ3n) is 3.20. The van der Waals surface area contributed by atoms with Gasteiger partial charge in [-0.15, -0.1) is 0 Å². The summed E-state index contributed by atoms with van der Waals surface area (Å²) >= 11 is 0. The molecule has 0 fully saturated rings. The van der Waals surface area contributed by atoms with Gasteiger partial charge in [0.15, 0.2) is 11.5 Å². The summed E-state index contributed by atoms with van der Waals surface area (Å²) in [6.45, 7) is 4.72. The van der Waals surface area contributed by atoms with E-state index in [0.717, 1.165) is 37.7 Å². The minimum atomic E-state index is 0.455.